The lowest BCUT2D eigenvalue weighted by molar-refractivity contribution is -0.120. The number of hydrogen-bond donors (Lipinski definition) is 1. The van der Waals surface area contributed by atoms with Crippen LogP contribution in [0, 0.1) is 5.92 Å². The highest BCUT2D eigenvalue weighted by Crippen LogP contribution is 2.34. The normalized spacial score (nSPS) is 28.3. The quantitative estimate of drug-likeness (QED) is 0.902. The summed E-state index contributed by atoms with van der Waals surface area (Å²) in [7, 11) is 0. The molecule has 0 aliphatic carbocycles. The number of hydrogen-bond acceptors (Lipinski definition) is 4. The number of rotatable bonds is 2. The molecule has 2 fully saturated rings. The number of likely N-dealkylation sites (tertiary alicyclic amines) is 1. The summed E-state index contributed by atoms with van der Waals surface area (Å²) in [5, 5.41) is 3.58. The molecule has 2 unspecified atom stereocenters. The van der Waals surface area contributed by atoms with Crippen LogP contribution >= 0.6 is 11.8 Å². The summed E-state index contributed by atoms with van der Waals surface area (Å²) in [5.41, 5.74) is 1.10. The van der Waals surface area contributed by atoms with Gasteiger partial charge < -0.3 is 10.2 Å². The van der Waals surface area contributed by atoms with Crippen LogP contribution in [-0.4, -0.2) is 55.3 Å². The number of nitrogens with one attached hydrogen (secondary N) is 1. The van der Waals surface area contributed by atoms with Gasteiger partial charge in [-0.05, 0) is 37.4 Å². The van der Waals surface area contributed by atoms with Crippen LogP contribution in [0.3, 0.4) is 0 Å². The van der Waals surface area contributed by atoms with Crippen molar-refractivity contribution in [1.82, 2.24) is 10.2 Å². The van der Waals surface area contributed by atoms with E-state index in [1.54, 1.807) is 0 Å². The SMILES string of the molecule is O=C(CN1CCC2NCCC2C1)N1CCSc2ccccc21. The van der Waals surface area contributed by atoms with Crippen molar-refractivity contribution in [1.29, 1.82) is 0 Å². The first-order valence-electron chi connectivity index (χ1n) is 8.29. The summed E-state index contributed by atoms with van der Waals surface area (Å²) >= 11 is 1.85. The maximum Gasteiger partial charge on any atom is 0.241 e. The third-order valence-electron chi connectivity index (χ3n) is 5.13. The monoisotopic (exact) mass is 317 g/mol. The molecule has 3 heterocycles. The number of fused-ring (bicyclic) bond motifs is 2. The van der Waals surface area contributed by atoms with E-state index in [0.717, 1.165) is 43.5 Å². The van der Waals surface area contributed by atoms with Crippen LogP contribution in [0.1, 0.15) is 12.8 Å². The van der Waals surface area contributed by atoms with Crippen LogP contribution < -0.4 is 10.2 Å². The van der Waals surface area contributed by atoms with E-state index in [1.807, 2.05) is 22.7 Å². The molecule has 22 heavy (non-hydrogen) atoms. The van der Waals surface area contributed by atoms with Gasteiger partial charge in [0.2, 0.25) is 5.91 Å². The van der Waals surface area contributed by atoms with Crippen molar-refractivity contribution in [3.05, 3.63) is 24.3 Å². The highest BCUT2D eigenvalue weighted by Gasteiger charge is 2.34. The van der Waals surface area contributed by atoms with Crippen molar-refractivity contribution in [2.24, 2.45) is 5.92 Å². The molecule has 0 spiro atoms. The van der Waals surface area contributed by atoms with Crippen molar-refractivity contribution in [3.63, 3.8) is 0 Å². The third-order valence-corrected chi connectivity index (χ3v) is 6.17. The van der Waals surface area contributed by atoms with E-state index in [4.69, 9.17) is 0 Å². The number of carbonyl (C=O) groups excluding carboxylic acids is 1. The molecular formula is C17H23N3OS. The lowest BCUT2D eigenvalue weighted by atomic mass is 9.93. The average Bonchev–Trinajstić information content (AvgIpc) is 3.02. The van der Waals surface area contributed by atoms with E-state index >= 15 is 0 Å². The molecule has 0 aromatic heterocycles. The fourth-order valence-electron chi connectivity index (χ4n) is 3.97. The Labute approximate surface area is 136 Å². The van der Waals surface area contributed by atoms with E-state index in [2.05, 4.69) is 28.4 Å². The molecule has 1 N–H and O–H groups in total. The van der Waals surface area contributed by atoms with Gasteiger partial charge in [-0.15, -0.1) is 11.8 Å². The first-order valence-corrected chi connectivity index (χ1v) is 9.28. The molecule has 1 amide bonds. The third kappa shape index (κ3) is 2.77. The molecule has 1 aromatic rings. The van der Waals surface area contributed by atoms with Crippen LogP contribution in [0.4, 0.5) is 5.69 Å². The summed E-state index contributed by atoms with van der Waals surface area (Å²) in [6, 6.07) is 8.97. The van der Waals surface area contributed by atoms with Crippen molar-refractivity contribution in [2.45, 2.75) is 23.8 Å². The Bertz CT molecular complexity index is 565. The van der Waals surface area contributed by atoms with Gasteiger partial charge in [-0.2, -0.15) is 0 Å². The summed E-state index contributed by atoms with van der Waals surface area (Å²) < 4.78 is 0. The Hall–Kier alpha value is -1.04. The molecule has 118 valence electrons. The predicted octanol–water partition coefficient (Wildman–Crippen LogP) is 1.81. The first-order chi connectivity index (χ1) is 10.8. The minimum atomic E-state index is 0.261. The van der Waals surface area contributed by atoms with Gasteiger partial charge in [-0.25, -0.2) is 0 Å². The molecule has 2 saturated heterocycles. The molecule has 3 aliphatic heterocycles. The molecule has 3 aliphatic rings. The Balaban J connectivity index is 1.42. The van der Waals surface area contributed by atoms with Crippen LogP contribution in [-0.2, 0) is 4.79 Å². The number of thioether (sulfide) groups is 1. The minimum Gasteiger partial charge on any atom is -0.314 e. The fourth-order valence-corrected chi connectivity index (χ4v) is 4.97. The second kappa shape index (κ2) is 6.22. The van der Waals surface area contributed by atoms with Crippen LogP contribution in [0.25, 0.3) is 0 Å². The number of amides is 1. The van der Waals surface area contributed by atoms with Gasteiger partial charge in [0.15, 0.2) is 0 Å². The standard InChI is InChI=1S/C17H23N3OS/c21-17(12-19-8-6-14-13(11-19)5-7-18-14)20-9-10-22-16-4-2-1-3-15(16)20/h1-4,13-14,18H,5-12H2. The number of para-hydroxylation sites is 1. The Morgan fingerprint density at radius 1 is 1.27 bits per heavy atom. The molecule has 4 rings (SSSR count). The first kappa shape index (κ1) is 14.5. The maximum absolute atomic E-state index is 12.8. The van der Waals surface area contributed by atoms with E-state index < -0.39 is 0 Å². The molecule has 0 radical (unpaired) electrons. The fraction of sp³-hybridized carbons (Fsp3) is 0.588. The zero-order chi connectivity index (χ0) is 14.9. The smallest absolute Gasteiger partial charge is 0.241 e. The van der Waals surface area contributed by atoms with E-state index in [-0.39, 0.29) is 5.91 Å². The number of anilines is 1. The van der Waals surface area contributed by atoms with Crippen molar-refractivity contribution in [3.8, 4) is 0 Å². The van der Waals surface area contributed by atoms with E-state index in [1.165, 1.54) is 17.7 Å². The zero-order valence-electron chi connectivity index (χ0n) is 12.8. The summed E-state index contributed by atoms with van der Waals surface area (Å²) in [6.07, 6.45) is 2.45. The largest absolute Gasteiger partial charge is 0.314 e. The molecule has 0 saturated carbocycles. The molecule has 1 aromatic carbocycles. The molecule has 0 bridgehead atoms. The van der Waals surface area contributed by atoms with Gasteiger partial charge >= 0.3 is 0 Å². The predicted molar refractivity (Wildman–Crippen MR) is 90.5 cm³/mol. The molecule has 2 atom stereocenters. The Kier molecular flexibility index (Phi) is 4.11. The van der Waals surface area contributed by atoms with Gasteiger partial charge in [0.25, 0.3) is 0 Å². The van der Waals surface area contributed by atoms with Crippen molar-refractivity contribution in [2.75, 3.05) is 43.4 Å². The summed E-state index contributed by atoms with van der Waals surface area (Å²) in [4.78, 5) is 18.4. The zero-order valence-corrected chi connectivity index (χ0v) is 13.6. The van der Waals surface area contributed by atoms with Gasteiger partial charge in [0.05, 0.1) is 12.2 Å². The molecule has 5 heteroatoms. The van der Waals surface area contributed by atoms with Crippen LogP contribution in [0.15, 0.2) is 29.2 Å². The highest BCUT2D eigenvalue weighted by atomic mass is 32.2. The number of carbonyl (C=O) groups is 1. The minimum absolute atomic E-state index is 0.261. The van der Waals surface area contributed by atoms with Gasteiger partial charge in [-0.3, -0.25) is 9.69 Å². The second-order valence-electron chi connectivity index (χ2n) is 6.49. The number of piperidine rings is 1. The lowest BCUT2D eigenvalue weighted by Crippen LogP contribution is -2.49. The second-order valence-corrected chi connectivity index (χ2v) is 7.63. The number of benzene rings is 1. The van der Waals surface area contributed by atoms with Gasteiger partial charge in [0, 0.05) is 36.3 Å². The van der Waals surface area contributed by atoms with Crippen molar-refractivity contribution >= 4 is 23.4 Å². The molecule has 4 nitrogen and oxygen atoms in total. The van der Waals surface area contributed by atoms with E-state index in [0.29, 0.717) is 12.6 Å². The van der Waals surface area contributed by atoms with Crippen LogP contribution in [0.5, 0.6) is 0 Å². The van der Waals surface area contributed by atoms with Gasteiger partial charge in [-0.1, -0.05) is 12.1 Å². The number of nitrogens with zero attached hydrogens (tertiary/aromatic N) is 2. The molecular weight excluding hydrogens is 294 g/mol. The Morgan fingerprint density at radius 2 is 2.18 bits per heavy atom. The topological polar surface area (TPSA) is 35.6 Å². The Morgan fingerprint density at radius 3 is 3.14 bits per heavy atom. The summed E-state index contributed by atoms with van der Waals surface area (Å²) in [6.45, 7) is 4.68. The average molecular weight is 317 g/mol. The highest BCUT2D eigenvalue weighted by molar-refractivity contribution is 7.99. The van der Waals surface area contributed by atoms with Crippen molar-refractivity contribution < 1.29 is 4.79 Å². The maximum atomic E-state index is 12.8. The van der Waals surface area contributed by atoms with Gasteiger partial charge in [0.1, 0.15) is 0 Å². The summed E-state index contributed by atoms with van der Waals surface area (Å²) in [5.74, 6) is 2.00. The lowest BCUT2D eigenvalue weighted by Gasteiger charge is -2.36. The van der Waals surface area contributed by atoms with Crippen LogP contribution in [0.2, 0.25) is 0 Å². The van der Waals surface area contributed by atoms with E-state index in [9.17, 15) is 4.79 Å².